The van der Waals surface area contributed by atoms with Crippen molar-refractivity contribution in [1.82, 2.24) is 0 Å². The molecule has 0 unspecified atom stereocenters. The van der Waals surface area contributed by atoms with Crippen molar-refractivity contribution in [3.8, 4) is 0 Å². The third-order valence-electron chi connectivity index (χ3n) is 2.60. The van der Waals surface area contributed by atoms with Crippen LogP contribution in [0.3, 0.4) is 0 Å². The maximum absolute atomic E-state index is 12.0. The van der Waals surface area contributed by atoms with Crippen LogP contribution in [0.15, 0.2) is 12.2 Å². The van der Waals surface area contributed by atoms with E-state index in [1.54, 1.807) is 20.8 Å². The summed E-state index contributed by atoms with van der Waals surface area (Å²) in [6, 6.07) is 0. The van der Waals surface area contributed by atoms with Crippen molar-refractivity contribution in [2.75, 3.05) is 13.2 Å². The van der Waals surface area contributed by atoms with E-state index in [1.807, 2.05) is 6.92 Å². The number of ether oxygens (including phenoxy) is 2. The summed E-state index contributed by atoms with van der Waals surface area (Å²) in [6.07, 6.45) is 1.03. The van der Waals surface area contributed by atoms with E-state index < -0.39 is 17.4 Å². The van der Waals surface area contributed by atoms with Gasteiger partial charge in [-0.25, -0.2) is 0 Å². The zero-order chi connectivity index (χ0) is 13.5. The average molecular weight is 242 g/mol. The lowest BCUT2D eigenvalue weighted by Crippen LogP contribution is -2.43. The Morgan fingerprint density at radius 3 is 1.71 bits per heavy atom. The minimum absolute atomic E-state index is 0.233. The lowest BCUT2D eigenvalue weighted by molar-refractivity contribution is -0.169. The Bertz CT molecular complexity index is 276. The molecule has 0 rings (SSSR count). The summed E-state index contributed by atoms with van der Waals surface area (Å²) >= 11 is 0. The summed E-state index contributed by atoms with van der Waals surface area (Å²) in [5.74, 6) is -1.12. The molecular formula is C13H22O4. The van der Waals surface area contributed by atoms with Gasteiger partial charge < -0.3 is 9.47 Å². The zero-order valence-corrected chi connectivity index (χ0v) is 11.2. The summed E-state index contributed by atoms with van der Waals surface area (Å²) in [6.45, 7) is 11.2. The lowest BCUT2D eigenvalue weighted by atomic mass is 9.77. The molecule has 98 valence electrons. The highest BCUT2D eigenvalue weighted by atomic mass is 16.6. The third-order valence-corrected chi connectivity index (χ3v) is 2.60. The summed E-state index contributed by atoms with van der Waals surface area (Å²) in [5.41, 5.74) is -0.878. The fraction of sp³-hybridized carbons (Fsp3) is 0.692. The Kier molecular flexibility index (Phi) is 6.54. The van der Waals surface area contributed by atoms with Crippen LogP contribution >= 0.6 is 0 Å². The maximum atomic E-state index is 12.0. The van der Waals surface area contributed by atoms with Gasteiger partial charge in [0, 0.05) is 0 Å². The van der Waals surface area contributed by atoms with Gasteiger partial charge in [-0.05, 0) is 27.2 Å². The Labute approximate surface area is 103 Å². The van der Waals surface area contributed by atoms with Crippen LogP contribution in [0.1, 0.15) is 40.5 Å². The molecule has 0 saturated heterocycles. The summed E-state index contributed by atoms with van der Waals surface area (Å²) < 4.78 is 9.98. The summed E-state index contributed by atoms with van der Waals surface area (Å²) in [7, 11) is 0. The van der Waals surface area contributed by atoms with E-state index in [2.05, 4.69) is 6.58 Å². The van der Waals surface area contributed by atoms with Gasteiger partial charge in [-0.1, -0.05) is 25.5 Å². The molecule has 0 heterocycles. The standard InChI is InChI=1S/C13H22O4/c1-6-9-13(10(4)5,11(14)16-7-2)12(15)17-8-3/h4,6-9H2,1-3,5H3. The van der Waals surface area contributed by atoms with Crippen molar-refractivity contribution < 1.29 is 19.1 Å². The molecule has 0 aromatic carbocycles. The highest BCUT2D eigenvalue weighted by molar-refractivity contribution is 6.03. The van der Waals surface area contributed by atoms with E-state index in [0.29, 0.717) is 18.4 Å². The first-order chi connectivity index (χ1) is 7.97. The second-order valence-corrected chi connectivity index (χ2v) is 3.88. The molecule has 0 amide bonds. The largest absolute Gasteiger partial charge is 0.465 e. The Morgan fingerprint density at radius 1 is 1.06 bits per heavy atom. The fourth-order valence-corrected chi connectivity index (χ4v) is 1.73. The average Bonchev–Trinajstić information content (AvgIpc) is 2.25. The smallest absolute Gasteiger partial charge is 0.327 e. The van der Waals surface area contributed by atoms with Crippen LogP contribution in [0.4, 0.5) is 0 Å². The van der Waals surface area contributed by atoms with Crippen LogP contribution < -0.4 is 0 Å². The van der Waals surface area contributed by atoms with Crippen LogP contribution in [-0.4, -0.2) is 25.2 Å². The van der Waals surface area contributed by atoms with Gasteiger partial charge >= 0.3 is 11.9 Å². The molecule has 0 aliphatic heterocycles. The molecule has 0 saturated carbocycles. The van der Waals surface area contributed by atoms with Crippen molar-refractivity contribution in [3.63, 3.8) is 0 Å². The Hall–Kier alpha value is -1.32. The Balaban J connectivity index is 5.33. The monoisotopic (exact) mass is 242 g/mol. The van der Waals surface area contributed by atoms with Crippen molar-refractivity contribution in [1.29, 1.82) is 0 Å². The number of hydrogen-bond donors (Lipinski definition) is 0. The van der Waals surface area contributed by atoms with E-state index in [1.165, 1.54) is 0 Å². The van der Waals surface area contributed by atoms with Crippen molar-refractivity contribution in [2.45, 2.75) is 40.5 Å². The summed E-state index contributed by atoms with van der Waals surface area (Å²) in [5, 5.41) is 0. The molecular weight excluding hydrogens is 220 g/mol. The molecule has 0 aromatic rings. The van der Waals surface area contributed by atoms with Gasteiger partial charge in [0.05, 0.1) is 13.2 Å². The molecule has 0 aliphatic carbocycles. The minimum atomic E-state index is -1.35. The predicted octanol–water partition coefficient (Wildman–Crippen LogP) is 2.48. The van der Waals surface area contributed by atoms with Crippen molar-refractivity contribution in [3.05, 3.63) is 12.2 Å². The van der Waals surface area contributed by atoms with E-state index in [9.17, 15) is 9.59 Å². The number of esters is 2. The molecule has 0 radical (unpaired) electrons. The Morgan fingerprint density at radius 2 is 1.47 bits per heavy atom. The second-order valence-electron chi connectivity index (χ2n) is 3.88. The zero-order valence-electron chi connectivity index (χ0n) is 11.2. The minimum Gasteiger partial charge on any atom is -0.465 e. The number of rotatable bonds is 7. The highest BCUT2D eigenvalue weighted by Gasteiger charge is 2.48. The normalized spacial score (nSPS) is 10.8. The second kappa shape index (κ2) is 7.09. The molecule has 4 nitrogen and oxygen atoms in total. The summed E-state index contributed by atoms with van der Waals surface area (Å²) in [4.78, 5) is 24.1. The van der Waals surface area contributed by atoms with Crippen LogP contribution in [-0.2, 0) is 19.1 Å². The molecule has 0 atom stereocenters. The third kappa shape index (κ3) is 3.32. The van der Waals surface area contributed by atoms with E-state index in [4.69, 9.17) is 9.47 Å². The highest BCUT2D eigenvalue weighted by Crippen LogP contribution is 2.35. The molecule has 0 spiro atoms. The first kappa shape index (κ1) is 15.7. The predicted molar refractivity (Wildman–Crippen MR) is 65.4 cm³/mol. The van der Waals surface area contributed by atoms with E-state index in [0.717, 1.165) is 0 Å². The molecule has 0 fully saturated rings. The quantitative estimate of drug-likeness (QED) is 0.391. The van der Waals surface area contributed by atoms with Crippen LogP contribution in [0.5, 0.6) is 0 Å². The van der Waals surface area contributed by atoms with Crippen LogP contribution in [0, 0.1) is 5.41 Å². The van der Waals surface area contributed by atoms with Crippen molar-refractivity contribution in [2.24, 2.45) is 5.41 Å². The van der Waals surface area contributed by atoms with Crippen LogP contribution in [0.25, 0.3) is 0 Å². The number of carbonyl (C=O) groups is 2. The first-order valence-electron chi connectivity index (χ1n) is 5.97. The molecule has 4 heteroatoms. The molecule has 0 N–H and O–H groups in total. The first-order valence-corrected chi connectivity index (χ1v) is 5.97. The molecule has 0 bridgehead atoms. The molecule has 0 aliphatic rings. The van der Waals surface area contributed by atoms with Crippen molar-refractivity contribution >= 4 is 11.9 Å². The van der Waals surface area contributed by atoms with Gasteiger partial charge in [0.2, 0.25) is 0 Å². The number of hydrogen-bond acceptors (Lipinski definition) is 4. The van der Waals surface area contributed by atoms with Gasteiger partial charge in [-0.2, -0.15) is 0 Å². The van der Waals surface area contributed by atoms with Crippen LogP contribution in [0.2, 0.25) is 0 Å². The number of carbonyl (C=O) groups excluding carboxylic acids is 2. The van der Waals surface area contributed by atoms with Gasteiger partial charge in [0.15, 0.2) is 5.41 Å². The molecule has 0 aromatic heterocycles. The van der Waals surface area contributed by atoms with Gasteiger partial charge in [0.25, 0.3) is 0 Å². The van der Waals surface area contributed by atoms with E-state index in [-0.39, 0.29) is 13.2 Å². The maximum Gasteiger partial charge on any atom is 0.327 e. The molecule has 17 heavy (non-hydrogen) atoms. The fourth-order valence-electron chi connectivity index (χ4n) is 1.73. The van der Waals surface area contributed by atoms with Gasteiger partial charge in [-0.15, -0.1) is 0 Å². The van der Waals surface area contributed by atoms with Gasteiger partial charge in [-0.3, -0.25) is 9.59 Å². The van der Waals surface area contributed by atoms with Gasteiger partial charge in [0.1, 0.15) is 0 Å². The lowest BCUT2D eigenvalue weighted by Gasteiger charge is -2.29. The SMILES string of the molecule is C=C(C)C(CCC)(C(=O)OCC)C(=O)OCC. The topological polar surface area (TPSA) is 52.6 Å². The van der Waals surface area contributed by atoms with E-state index >= 15 is 0 Å².